The first-order valence-electron chi connectivity index (χ1n) is 6.42. The Labute approximate surface area is 123 Å². The lowest BCUT2D eigenvalue weighted by atomic mass is 10.1. The van der Waals surface area contributed by atoms with Crippen molar-refractivity contribution in [1.29, 1.82) is 0 Å². The molecule has 0 radical (unpaired) electrons. The second kappa shape index (κ2) is 5.18. The van der Waals surface area contributed by atoms with Crippen LogP contribution in [0.15, 0.2) is 59.0 Å². The van der Waals surface area contributed by atoms with Crippen LogP contribution in [-0.2, 0) is 10.3 Å². The van der Waals surface area contributed by atoms with E-state index in [1.807, 2.05) is 43.3 Å². The maximum absolute atomic E-state index is 11.6. The fourth-order valence-electron chi connectivity index (χ4n) is 2.03. The maximum atomic E-state index is 11.6. The van der Waals surface area contributed by atoms with Crippen molar-refractivity contribution < 1.29 is 12.6 Å². The first kappa shape index (κ1) is 13.6. The number of fused-ring (bicyclic) bond motifs is 1. The van der Waals surface area contributed by atoms with E-state index in [1.165, 1.54) is 5.56 Å². The van der Waals surface area contributed by atoms with Gasteiger partial charge in [0, 0.05) is 5.56 Å². The number of allylic oxidation sites excluding steroid dienone is 1. The van der Waals surface area contributed by atoms with Crippen LogP contribution in [0.25, 0.3) is 6.08 Å². The molecule has 1 heterocycles. The van der Waals surface area contributed by atoms with Gasteiger partial charge in [0.2, 0.25) is 0 Å². The molecule has 1 aliphatic rings. The SMILES string of the molecule is Cc1ccc(/C=C/C2=NS(=O)(=O)Oc3ccccc32)cc1. The summed E-state index contributed by atoms with van der Waals surface area (Å²) in [6, 6.07) is 14.9. The van der Waals surface area contributed by atoms with Gasteiger partial charge in [0.15, 0.2) is 5.75 Å². The van der Waals surface area contributed by atoms with Gasteiger partial charge in [0.25, 0.3) is 0 Å². The summed E-state index contributed by atoms with van der Waals surface area (Å²) in [7, 11) is -3.92. The molecule has 2 aromatic carbocycles. The minimum atomic E-state index is -3.92. The molecule has 0 aromatic heterocycles. The fourth-order valence-corrected chi connectivity index (χ4v) is 2.84. The average Bonchev–Trinajstić information content (AvgIpc) is 2.45. The molecule has 0 spiro atoms. The molecule has 0 bridgehead atoms. The lowest BCUT2D eigenvalue weighted by Gasteiger charge is -2.14. The number of nitrogens with zero attached hydrogens (tertiary/aromatic N) is 1. The van der Waals surface area contributed by atoms with Gasteiger partial charge in [0.1, 0.15) is 0 Å². The molecule has 21 heavy (non-hydrogen) atoms. The predicted octanol–water partition coefficient (Wildman–Crippen LogP) is 3.13. The second-order valence-electron chi connectivity index (χ2n) is 4.73. The van der Waals surface area contributed by atoms with Crippen molar-refractivity contribution in [2.24, 2.45) is 4.40 Å². The lowest BCUT2D eigenvalue weighted by Crippen LogP contribution is -2.17. The summed E-state index contributed by atoms with van der Waals surface area (Å²) in [6.07, 6.45) is 3.51. The van der Waals surface area contributed by atoms with Gasteiger partial charge < -0.3 is 4.18 Å². The molecule has 0 aliphatic carbocycles. The Bertz CT molecular complexity index is 834. The third-order valence-electron chi connectivity index (χ3n) is 3.08. The molecule has 1 aliphatic heterocycles. The quantitative estimate of drug-likeness (QED) is 0.856. The zero-order valence-corrected chi connectivity index (χ0v) is 12.2. The average molecular weight is 299 g/mol. The second-order valence-corrected chi connectivity index (χ2v) is 5.93. The van der Waals surface area contributed by atoms with E-state index in [2.05, 4.69) is 4.40 Å². The molecule has 106 valence electrons. The molecule has 3 rings (SSSR count). The Kier molecular flexibility index (Phi) is 3.35. The van der Waals surface area contributed by atoms with Gasteiger partial charge in [-0.2, -0.15) is 8.42 Å². The van der Waals surface area contributed by atoms with Gasteiger partial charge in [-0.25, -0.2) is 0 Å². The normalized spacial score (nSPS) is 16.1. The first-order chi connectivity index (χ1) is 10.0. The molecule has 0 saturated carbocycles. The molecule has 0 unspecified atom stereocenters. The van der Waals surface area contributed by atoms with Gasteiger partial charge in [-0.05, 0) is 30.7 Å². The minimum absolute atomic E-state index is 0.302. The van der Waals surface area contributed by atoms with Crippen LogP contribution in [0.1, 0.15) is 16.7 Å². The third kappa shape index (κ3) is 3.03. The van der Waals surface area contributed by atoms with Gasteiger partial charge in [-0.15, -0.1) is 4.40 Å². The summed E-state index contributed by atoms with van der Waals surface area (Å²) in [5, 5.41) is 0. The molecule has 2 aromatic rings. The highest BCUT2D eigenvalue weighted by molar-refractivity contribution is 7.86. The van der Waals surface area contributed by atoms with Crippen molar-refractivity contribution in [2.75, 3.05) is 0 Å². The third-order valence-corrected chi connectivity index (χ3v) is 3.89. The van der Waals surface area contributed by atoms with Crippen molar-refractivity contribution in [3.8, 4) is 5.75 Å². The Morgan fingerprint density at radius 1 is 1.00 bits per heavy atom. The largest absolute Gasteiger partial charge is 0.429 e. The topological polar surface area (TPSA) is 55.7 Å². The fraction of sp³-hybridized carbons (Fsp3) is 0.0625. The summed E-state index contributed by atoms with van der Waals surface area (Å²) in [5.41, 5.74) is 3.18. The molecule has 4 nitrogen and oxygen atoms in total. The zero-order chi connectivity index (χ0) is 14.9. The number of hydrogen-bond donors (Lipinski definition) is 0. The van der Waals surface area contributed by atoms with E-state index in [9.17, 15) is 8.42 Å². The summed E-state index contributed by atoms with van der Waals surface area (Å²) < 4.78 is 31.8. The van der Waals surface area contributed by atoms with E-state index in [0.29, 0.717) is 17.0 Å². The van der Waals surface area contributed by atoms with Gasteiger partial charge in [0.05, 0.1) is 5.71 Å². The summed E-state index contributed by atoms with van der Waals surface area (Å²) in [4.78, 5) is 0. The smallest absolute Gasteiger partial charge is 0.365 e. The monoisotopic (exact) mass is 299 g/mol. The highest BCUT2D eigenvalue weighted by Gasteiger charge is 2.22. The van der Waals surface area contributed by atoms with Crippen molar-refractivity contribution in [3.63, 3.8) is 0 Å². The van der Waals surface area contributed by atoms with Crippen LogP contribution in [0.2, 0.25) is 0 Å². The summed E-state index contributed by atoms with van der Waals surface area (Å²) in [5.74, 6) is 0.302. The van der Waals surface area contributed by atoms with Crippen molar-refractivity contribution >= 4 is 22.1 Å². The summed E-state index contributed by atoms with van der Waals surface area (Å²) >= 11 is 0. The van der Waals surface area contributed by atoms with E-state index in [4.69, 9.17) is 4.18 Å². The minimum Gasteiger partial charge on any atom is -0.365 e. The van der Waals surface area contributed by atoms with Crippen LogP contribution in [0.5, 0.6) is 5.75 Å². The molecule has 5 heteroatoms. The highest BCUT2D eigenvalue weighted by Crippen LogP contribution is 2.26. The Morgan fingerprint density at radius 2 is 1.71 bits per heavy atom. The molecule has 0 N–H and O–H groups in total. The standard InChI is InChI=1S/C16H13NO3S/c1-12-6-8-13(9-7-12)10-11-15-14-4-2-3-5-16(14)20-21(18,19)17-15/h2-11H,1H3/b11-10+. The van der Waals surface area contributed by atoms with Crippen molar-refractivity contribution in [3.05, 3.63) is 71.3 Å². The van der Waals surface area contributed by atoms with Gasteiger partial charge in [-0.1, -0.05) is 48.0 Å². The number of para-hydroxylation sites is 1. The zero-order valence-electron chi connectivity index (χ0n) is 11.4. The van der Waals surface area contributed by atoms with Gasteiger partial charge in [-0.3, -0.25) is 0 Å². The van der Waals surface area contributed by atoms with Crippen molar-refractivity contribution in [1.82, 2.24) is 0 Å². The van der Waals surface area contributed by atoms with E-state index >= 15 is 0 Å². The van der Waals surface area contributed by atoms with E-state index in [1.54, 1.807) is 24.3 Å². The number of rotatable bonds is 2. The highest BCUT2D eigenvalue weighted by atomic mass is 32.2. The molecule has 0 saturated heterocycles. The summed E-state index contributed by atoms with van der Waals surface area (Å²) in [6.45, 7) is 2.01. The van der Waals surface area contributed by atoms with Gasteiger partial charge >= 0.3 is 10.3 Å². The van der Waals surface area contributed by atoms with Crippen LogP contribution in [-0.4, -0.2) is 14.1 Å². The molecular formula is C16H13NO3S. The Balaban J connectivity index is 2.00. The van der Waals surface area contributed by atoms with Crippen LogP contribution in [0, 0.1) is 6.92 Å². The molecule has 0 amide bonds. The molecule has 0 atom stereocenters. The number of benzene rings is 2. The van der Waals surface area contributed by atoms with Crippen molar-refractivity contribution in [2.45, 2.75) is 6.92 Å². The lowest BCUT2D eigenvalue weighted by molar-refractivity contribution is 0.485. The Hall–Kier alpha value is -2.40. The van der Waals surface area contributed by atoms with Crippen LogP contribution < -0.4 is 4.18 Å². The molecule has 0 fully saturated rings. The molecular weight excluding hydrogens is 286 g/mol. The number of aryl methyl sites for hydroxylation is 1. The van der Waals surface area contributed by atoms with E-state index in [0.717, 1.165) is 5.56 Å². The number of hydrogen-bond acceptors (Lipinski definition) is 3. The predicted molar refractivity (Wildman–Crippen MR) is 82.7 cm³/mol. The Morgan fingerprint density at radius 3 is 2.48 bits per heavy atom. The first-order valence-corrected chi connectivity index (χ1v) is 7.78. The van der Waals surface area contributed by atoms with Crippen LogP contribution in [0.3, 0.4) is 0 Å². The van der Waals surface area contributed by atoms with Crippen LogP contribution in [0.4, 0.5) is 0 Å². The van der Waals surface area contributed by atoms with Crippen LogP contribution >= 0.6 is 0 Å². The van der Waals surface area contributed by atoms with E-state index < -0.39 is 10.3 Å². The maximum Gasteiger partial charge on any atom is 0.429 e. The van der Waals surface area contributed by atoms with E-state index in [-0.39, 0.29) is 0 Å².